The average molecular weight is 249 g/mol. The monoisotopic (exact) mass is 249 g/mol. The molecule has 94 valence electrons. The minimum Gasteiger partial charge on any atom is -0.481 e. The van der Waals surface area contributed by atoms with Gasteiger partial charge in [-0.05, 0) is 13.3 Å². The van der Waals surface area contributed by atoms with Crippen molar-refractivity contribution in [2.45, 2.75) is 20.3 Å². The van der Waals surface area contributed by atoms with Gasteiger partial charge in [-0.2, -0.15) is 0 Å². The second-order valence-corrected chi connectivity index (χ2v) is 6.95. The maximum absolute atomic E-state index is 11.2. The van der Waals surface area contributed by atoms with Crippen LogP contribution in [0.3, 0.4) is 0 Å². The van der Waals surface area contributed by atoms with Crippen molar-refractivity contribution in [2.75, 3.05) is 31.1 Å². The van der Waals surface area contributed by atoms with Gasteiger partial charge in [-0.25, -0.2) is 8.42 Å². The molecule has 0 aromatic rings. The first-order chi connectivity index (χ1) is 7.29. The zero-order valence-corrected chi connectivity index (χ0v) is 10.6. The summed E-state index contributed by atoms with van der Waals surface area (Å²) < 4.78 is 22.4. The minimum atomic E-state index is -2.89. The Morgan fingerprint density at radius 3 is 2.25 bits per heavy atom. The van der Waals surface area contributed by atoms with Gasteiger partial charge >= 0.3 is 5.97 Å². The van der Waals surface area contributed by atoms with Gasteiger partial charge in [-0.3, -0.25) is 4.79 Å². The van der Waals surface area contributed by atoms with Crippen molar-refractivity contribution in [3.8, 4) is 0 Å². The van der Waals surface area contributed by atoms with Gasteiger partial charge in [0.1, 0.15) is 0 Å². The fraction of sp³-hybridized carbons (Fsp3) is 0.900. The van der Waals surface area contributed by atoms with Crippen LogP contribution < -0.4 is 0 Å². The molecule has 1 rings (SSSR count). The summed E-state index contributed by atoms with van der Waals surface area (Å²) in [6, 6.07) is 0. The highest BCUT2D eigenvalue weighted by molar-refractivity contribution is 7.91. The zero-order valence-electron chi connectivity index (χ0n) is 9.77. The van der Waals surface area contributed by atoms with Gasteiger partial charge in [0.05, 0.1) is 16.9 Å². The van der Waals surface area contributed by atoms with E-state index in [-0.39, 0.29) is 11.5 Å². The Kier molecular flexibility index (Phi) is 3.96. The van der Waals surface area contributed by atoms with Crippen molar-refractivity contribution in [1.82, 2.24) is 4.90 Å². The van der Waals surface area contributed by atoms with Crippen molar-refractivity contribution in [3.63, 3.8) is 0 Å². The molecule has 1 atom stereocenters. The van der Waals surface area contributed by atoms with Crippen molar-refractivity contribution in [3.05, 3.63) is 0 Å². The lowest BCUT2D eigenvalue weighted by molar-refractivity contribution is -0.149. The lowest BCUT2D eigenvalue weighted by Gasteiger charge is -2.33. The quantitative estimate of drug-likeness (QED) is 0.771. The highest BCUT2D eigenvalue weighted by Crippen LogP contribution is 2.23. The molecule has 0 aromatic carbocycles. The zero-order chi connectivity index (χ0) is 12.4. The SMILES string of the molecule is CCC(C)(CN1CCS(=O)(=O)CC1)C(=O)O. The first-order valence-electron chi connectivity index (χ1n) is 5.45. The first-order valence-corrected chi connectivity index (χ1v) is 7.27. The lowest BCUT2D eigenvalue weighted by atomic mass is 9.87. The number of carboxylic acid groups (broad SMARTS) is 1. The van der Waals surface area contributed by atoms with Crippen molar-refractivity contribution in [2.24, 2.45) is 5.41 Å². The molecule has 1 heterocycles. The van der Waals surface area contributed by atoms with E-state index in [0.717, 1.165) is 0 Å². The lowest BCUT2D eigenvalue weighted by Crippen LogP contribution is -2.47. The molecule has 0 aliphatic carbocycles. The number of hydrogen-bond donors (Lipinski definition) is 1. The van der Waals surface area contributed by atoms with E-state index in [1.807, 2.05) is 11.8 Å². The standard InChI is InChI=1S/C10H19NO4S/c1-3-10(2,9(12)13)8-11-4-6-16(14,15)7-5-11/h3-8H2,1-2H3,(H,12,13). The summed E-state index contributed by atoms with van der Waals surface area (Å²) in [5, 5.41) is 9.12. The molecular weight excluding hydrogens is 230 g/mol. The van der Waals surface area contributed by atoms with Crippen LogP contribution in [-0.4, -0.2) is 55.5 Å². The van der Waals surface area contributed by atoms with Gasteiger partial charge in [-0.15, -0.1) is 0 Å². The average Bonchev–Trinajstić information content (AvgIpc) is 2.21. The van der Waals surface area contributed by atoms with Crippen LogP contribution in [0.25, 0.3) is 0 Å². The number of aliphatic carboxylic acids is 1. The van der Waals surface area contributed by atoms with Crippen molar-refractivity contribution >= 4 is 15.8 Å². The molecule has 0 amide bonds. The fourth-order valence-corrected chi connectivity index (χ4v) is 3.01. The Morgan fingerprint density at radius 1 is 1.38 bits per heavy atom. The number of nitrogens with zero attached hydrogens (tertiary/aromatic N) is 1. The Bertz CT molecular complexity index is 351. The summed E-state index contributed by atoms with van der Waals surface area (Å²) in [6.07, 6.45) is 0.547. The van der Waals surface area contributed by atoms with Crippen molar-refractivity contribution in [1.29, 1.82) is 0 Å². The van der Waals surface area contributed by atoms with Gasteiger partial charge in [0.15, 0.2) is 9.84 Å². The number of carboxylic acids is 1. The summed E-state index contributed by atoms with van der Waals surface area (Å²) in [4.78, 5) is 13.0. The summed E-state index contributed by atoms with van der Waals surface area (Å²) in [6.45, 7) is 4.87. The van der Waals surface area contributed by atoms with E-state index in [0.29, 0.717) is 26.1 Å². The molecule has 5 nitrogen and oxygen atoms in total. The van der Waals surface area contributed by atoms with E-state index in [1.165, 1.54) is 0 Å². The molecule has 1 fully saturated rings. The molecule has 0 spiro atoms. The number of hydrogen-bond acceptors (Lipinski definition) is 4. The number of sulfone groups is 1. The third kappa shape index (κ3) is 3.18. The predicted molar refractivity (Wildman–Crippen MR) is 61.1 cm³/mol. The van der Waals surface area contributed by atoms with Gasteiger partial charge < -0.3 is 10.0 Å². The Balaban J connectivity index is 2.59. The number of carbonyl (C=O) groups is 1. The van der Waals surface area contributed by atoms with Crippen molar-refractivity contribution < 1.29 is 18.3 Å². The Morgan fingerprint density at radius 2 is 1.88 bits per heavy atom. The maximum Gasteiger partial charge on any atom is 0.310 e. The molecule has 1 N–H and O–H groups in total. The van der Waals surface area contributed by atoms with E-state index in [4.69, 9.17) is 5.11 Å². The summed E-state index contributed by atoms with van der Waals surface area (Å²) >= 11 is 0. The first kappa shape index (κ1) is 13.4. The Labute approximate surface area is 96.4 Å². The van der Waals surface area contributed by atoms with E-state index in [1.54, 1.807) is 6.92 Å². The minimum absolute atomic E-state index is 0.145. The molecule has 0 bridgehead atoms. The van der Waals surface area contributed by atoms with Crippen LogP contribution >= 0.6 is 0 Å². The molecule has 0 aromatic heterocycles. The molecule has 6 heteroatoms. The van der Waals surface area contributed by atoms with Crippen LogP contribution in [0.4, 0.5) is 0 Å². The van der Waals surface area contributed by atoms with Crippen LogP contribution in [0.2, 0.25) is 0 Å². The largest absolute Gasteiger partial charge is 0.481 e. The van der Waals surface area contributed by atoms with Gasteiger partial charge in [0.2, 0.25) is 0 Å². The molecule has 1 saturated heterocycles. The third-order valence-electron chi connectivity index (χ3n) is 3.31. The van der Waals surface area contributed by atoms with Crippen LogP contribution in [0.1, 0.15) is 20.3 Å². The van der Waals surface area contributed by atoms with Gasteiger partial charge in [0, 0.05) is 19.6 Å². The topological polar surface area (TPSA) is 74.7 Å². The fourth-order valence-electron chi connectivity index (χ4n) is 1.73. The number of rotatable bonds is 4. The summed E-state index contributed by atoms with van der Waals surface area (Å²) in [5.41, 5.74) is -0.777. The molecule has 0 radical (unpaired) electrons. The van der Waals surface area contributed by atoms with Gasteiger partial charge in [0.25, 0.3) is 0 Å². The highest BCUT2D eigenvalue weighted by Gasteiger charge is 2.34. The second-order valence-electron chi connectivity index (χ2n) is 4.65. The van der Waals surface area contributed by atoms with Crippen LogP contribution in [0, 0.1) is 5.41 Å². The van der Waals surface area contributed by atoms with E-state index in [2.05, 4.69) is 0 Å². The van der Waals surface area contributed by atoms with Crippen LogP contribution in [0.5, 0.6) is 0 Å². The molecular formula is C10H19NO4S. The van der Waals surface area contributed by atoms with Crippen LogP contribution in [0.15, 0.2) is 0 Å². The molecule has 1 aliphatic rings. The summed E-state index contributed by atoms with van der Waals surface area (Å²) in [7, 11) is -2.89. The Hall–Kier alpha value is -0.620. The molecule has 16 heavy (non-hydrogen) atoms. The van der Waals surface area contributed by atoms with E-state index < -0.39 is 21.2 Å². The van der Waals surface area contributed by atoms with E-state index >= 15 is 0 Å². The summed E-state index contributed by atoms with van der Waals surface area (Å²) in [5.74, 6) is -0.526. The molecule has 1 unspecified atom stereocenters. The molecule has 1 aliphatic heterocycles. The smallest absolute Gasteiger partial charge is 0.310 e. The van der Waals surface area contributed by atoms with Gasteiger partial charge in [-0.1, -0.05) is 6.92 Å². The maximum atomic E-state index is 11.2. The predicted octanol–water partition coefficient (Wildman–Crippen LogP) is 0.218. The second kappa shape index (κ2) is 4.71. The van der Waals surface area contributed by atoms with Crippen LogP contribution in [-0.2, 0) is 14.6 Å². The third-order valence-corrected chi connectivity index (χ3v) is 4.92. The normalized spacial score (nSPS) is 24.9. The van der Waals surface area contributed by atoms with E-state index in [9.17, 15) is 13.2 Å². The molecule has 0 saturated carbocycles. The highest BCUT2D eigenvalue weighted by atomic mass is 32.2.